The van der Waals surface area contributed by atoms with Crippen LogP contribution >= 0.6 is 0 Å². The van der Waals surface area contributed by atoms with Crippen molar-refractivity contribution in [1.29, 1.82) is 0 Å². The number of ether oxygens (including phenoxy) is 1. The summed E-state index contributed by atoms with van der Waals surface area (Å²) in [6.07, 6.45) is 4.39. The van der Waals surface area contributed by atoms with Crippen molar-refractivity contribution < 1.29 is 9.53 Å². The zero-order valence-corrected chi connectivity index (χ0v) is 14.9. The lowest BCUT2D eigenvalue weighted by Crippen LogP contribution is -2.47. The minimum atomic E-state index is 0.00840. The molecule has 4 nitrogen and oxygen atoms in total. The van der Waals surface area contributed by atoms with Crippen molar-refractivity contribution in [2.75, 3.05) is 25.0 Å². The molecule has 0 spiro atoms. The van der Waals surface area contributed by atoms with Gasteiger partial charge in [0.15, 0.2) is 0 Å². The second-order valence-electron chi connectivity index (χ2n) is 6.40. The molecule has 4 heteroatoms. The first-order valence-corrected chi connectivity index (χ1v) is 8.85. The number of amides is 1. The maximum absolute atomic E-state index is 12.8. The summed E-state index contributed by atoms with van der Waals surface area (Å²) in [4.78, 5) is 15.1. The Kier molecular flexibility index (Phi) is 6.46. The van der Waals surface area contributed by atoms with E-state index in [2.05, 4.69) is 17.1 Å². The largest absolute Gasteiger partial charge is 0.494 e. The van der Waals surface area contributed by atoms with Gasteiger partial charge in [-0.05, 0) is 76.4 Å². The summed E-state index contributed by atoms with van der Waals surface area (Å²) < 4.78 is 5.57. The highest BCUT2D eigenvalue weighted by Gasteiger charge is 2.28. The van der Waals surface area contributed by atoms with Crippen LogP contribution in [0.3, 0.4) is 0 Å². The van der Waals surface area contributed by atoms with Crippen LogP contribution in [0.5, 0.6) is 5.75 Å². The molecular weight excluding hydrogens is 288 g/mol. The monoisotopic (exact) mass is 318 g/mol. The van der Waals surface area contributed by atoms with Gasteiger partial charge in [0.1, 0.15) is 5.75 Å². The van der Waals surface area contributed by atoms with Gasteiger partial charge < -0.3 is 10.1 Å². The Bertz CT molecular complexity index is 517. The van der Waals surface area contributed by atoms with Crippen LogP contribution in [0.1, 0.15) is 50.7 Å². The van der Waals surface area contributed by atoms with Crippen molar-refractivity contribution >= 4 is 11.6 Å². The lowest BCUT2D eigenvalue weighted by atomic mass is 10.0. The van der Waals surface area contributed by atoms with Crippen molar-refractivity contribution in [1.82, 2.24) is 4.90 Å². The van der Waals surface area contributed by atoms with E-state index in [0.717, 1.165) is 54.9 Å². The molecule has 0 aliphatic carbocycles. The van der Waals surface area contributed by atoms with Gasteiger partial charge in [-0.15, -0.1) is 0 Å². The Balaban J connectivity index is 2.12. The molecule has 1 fully saturated rings. The molecule has 0 aromatic heterocycles. The van der Waals surface area contributed by atoms with Crippen LogP contribution in [0.4, 0.5) is 5.69 Å². The van der Waals surface area contributed by atoms with Gasteiger partial charge in [0.2, 0.25) is 5.91 Å². The fourth-order valence-corrected chi connectivity index (χ4v) is 3.42. The van der Waals surface area contributed by atoms with E-state index >= 15 is 0 Å². The lowest BCUT2D eigenvalue weighted by molar-refractivity contribution is -0.122. The first-order chi connectivity index (χ1) is 11.1. The Morgan fingerprint density at radius 2 is 1.96 bits per heavy atom. The first-order valence-electron chi connectivity index (χ1n) is 8.85. The zero-order valence-electron chi connectivity index (χ0n) is 14.9. The summed E-state index contributed by atoms with van der Waals surface area (Å²) in [5, 5.41) is 3.17. The molecule has 1 aliphatic heterocycles. The third kappa shape index (κ3) is 4.47. The number of nitrogens with zero attached hydrogens (tertiary/aromatic N) is 1. The minimum Gasteiger partial charge on any atom is -0.494 e. The quantitative estimate of drug-likeness (QED) is 0.865. The summed E-state index contributed by atoms with van der Waals surface area (Å²) in [7, 11) is 0. The van der Waals surface area contributed by atoms with Gasteiger partial charge in [-0.2, -0.15) is 0 Å². The summed E-state index contributed by atoms with van der Waals surface area (Å²) in [5.74, 6) is 0.999. The number of nitrogens with one attached hydrogen (secondary N) is 1. The minimum absolute atomic E-state index is 0.00840. The van der Waals surface area contributed by atoms with Gasteiger partial charge in [0.05, 0.1) is 12.6 Å². The summed E-state index contributed by atoms with van der Waals surface area (Å²) in [5.41, 5.74) is 3.04. The molecule has 1 saturated heterocycles. The average molecular weight is 318 g/mol. The van der Waals surface area contributed by atoms with Gasteiger partial charge in [0.25, 0.3) is 0 Å². The van der Waals surface area contributed by atoms with Crippen molar-refractivity contribution in [2.24, 2.45) is 0 Å². The van der Waals surface area contributed by atoms with Crippen LogP contribution in [0.2, 0.25) is 0 Å². The third-order valence-electron chi connectivity index (χ3n) is 4.49. The molecule has 0 unspecified atom stereocenters. The number of anilines is 1. The highest BCUT2D eigenvalue weighted by Crippen LogP contribution is 2.27. The number of aryl methyl sites for hydroxylation is 2. The molecule has 1 atom stereocenters. The van der Waals surface area contributed by atoms with E-state index in [-0.39, 0.29) is 11.9 Å². The number of likely N-dealkylation sites (tertiary alicyclic amines) is 1. The van der Waals surface area contributed by atoms with Crippen molar-refractivity contribution in [2.45, 2.75) is 59.4 Å². The zero-order chi connectivity index (χ0) is 16.8. The highest BCUT2D eigenvalue weighted by atomic mass is 16.5. The summed E-state index contributed by atoms with van der Waals surface area (Å²) in [6.45, 7) is 10.9. The summed E-state index contributed by atoms with van der Waals surface area (Å²) >= 11 is 0. The van der Waals surface area contributed by atoms with E-state index in [1.54, 1.807) is 0 Å². The molecule has 1 amide bonds. The molecule has 1 aromatic rings. The fraction of sp³-hybridized carbons (Fsp3) is 0.632. The van der Waals surface area contributed by atoms with Crippen LogP contribution in [0, 0.1) is 13.8 Å². The van der Waals surface area contributed by atoms with Gasteiger partial charge in [0, 0.05) is 5.69 Å². The molecule has 23 heavy (non-hydrogen) atoms. The smallest absolute Gasteiger partial charge is 0.241 e. The molecule has 1 heterocycles. The van der Waals surface area contributed by atoms with E-state index < -0.39 is 0 Å². The van der Waals surface area contributed by atoms with Gasteiger partial charge in [-0.1, -0.05) is 13.3 Å². The first kappa shape index (κ1) is 17.8. The molecule has 128 valence electrons. The predicted octanol–water partition coefficient (Wildman–Crippen LogP) is 3.91. The van der Waals surface area contributed by atoms with Crippen molar-refractivity contribution in [3.05, 3.63) is 23.3 Å². The molecule has 0 bridgehead atoms. The highest BCUT2D eigenvalue weighted by molar-refractivity contribution is 5.96. The Morgan fingerprint density at radius 3 is 2.57 bits per heavy atom. The fourth-order valence-electron chi connectivity index (χ4n) is 3.42. The van der Waals surface area contributed by atoms with Crippen LogP contribution < -0.4 is 10.1 Å². The number of carbonyl (C=O) groups excluding carboxylic acids is 1. The maximum atomic E-state index is 12.8. The second kappa shape index (κ2) is 8.34. The van der Waals surface area contributed by atoms with E-state index in [4.69, 9.17) is 4.74 Å². The molecule has 1 aromatic carbocycles. The van der Waals surface area contributed by atoms with Gasteiger partial charge in [-0.25, -0.2) is 0 Å². The Labute approximate surface area is 140 Å². The number of rotatable bonds is 6. The van der Waals surface area contributed by atoms with Crippen LogP contribution in [0.25, 0.3) is 0 Å². The number of piperidine rings is 1. The average Bonchev–Trinajstić information content (AvgIpc) is 2.52. The second-order valence-corrected chi connectivity index (χ2v) is 6.40. The molecule has 0 radical (unpaired) electrons. The van der Waals surface area contributed by atoms with E-state index in [0.29, 0.717) is 6.61 Å². The third-order valence-corrected chi connectivity index (χ3v) is 4.49. The number of hydrogen-bond donors (Lipinski definition) is 1. The van der Waals surface area contributed by atoms with Crippen LogP contribution in [-0.2, 0) is 4.79 Å². The molecule has 2 rings (SSSR count). The number of hydrogen-bond acceptors (Lipinski definition) is 3. The maximum Gasteiger partial charge on any atom is 0.241 e. The van der Waals surface area contributed by atoms with E-state index in [1.807, 2.05) is 32.9 Å². The molecule has 1 N–H and O–H groups in total. The van der Waals surface area contributed by atoms with Gasteiger partial charge >= 0.3 is 0 Å². The summed E-state index contributed by atoms with van der Waals surface area (Å²) in [6, 6.07) is 4.00. The van der Waals surface area contributed by atoms with Crippen LogP contribution in [-0.4, -0.2) is 36.5 Å². The molecule has 1 aliphatic rings. The van der Waals surface area contributed by atoms with Crippen molar-refractivity contribution in [3.8, 4) is 5.75 Å². The van der Waals surface area contributed by atoms with Gasteiger partial charge in [-0.3, -0.25) is 9.69 Å². The van der Waals surface area contributed by atoms with Crippen LogP contribution in [0.15, 0.2) is 12.1 Å². The topological polar surface area (TPSA) is 41.6 Å². The lowest BCUT2D eigenvalue weighted by Gasteiger charge is -2.34. The van der Waals surface area contributed by atoms with E-state index in [9.17, 15) is 4.79 Å². The predicted molar refractivity (Wildman–Crippen MR) is 95.2 cm³/mol. The SMILES string of the molecule is CCCN1CCCC[C@H]1C(=O)Nc1c(C)cc(OCC)cc1C. The standard InChI is InChI=1S/C19H30N2O2/c1-5-10-21-11-8-7-9-17(21)19(22)20-18-14(3)12-16(23-6-2)13-15(18)4/h12-13,17H,5-11H2,1-4H3,(H,20,22)/t17-/m0/s1. The number of carbonyl (C=O) groups is 1. The Hall–Kier alpha value is -1.55. The van der Waals surface area contributed by atoms with Crippen molar-refractivity contribution in [3.63, 3.8) is 0 Å². The normalized spacial score (nSPS) is 18.7. The molecule has 0 saturated carbocycles. The Morgan fingerprint density at radius 1 is 1.26 bits per heavy atom. The molecular formula is C19H30N2O2. The van der Waals surface area contributed by atoms with E-state index in [1.165, 1.54) is 6.42 Å². The number of benzene rings is 1.